The first-order valence-corrected chi connectivity index (χ1v) is 7.28. The highest BCUT2D eigenvalue weighted by molar-refractivity contribution is 5.86. The van der Waals surface area contributed by atoms with Crippen molar-refractivity contribution in [1.29, 1.82) is 0 Å². The summed E-state index contributed by atoms with van der Waals surface area (Å²) in [4.78, 5) is 4.82. The summed E-state index contributed by atoms with van der Waals surface area (Å²) in [6, 6.07) is 0.275. The minimum Gasteiger partial charge on any atom is -0.478 e. The Balaban J connectivity index is 1.98. The van der Waals surface area contributed by atoms with Gasteiger partial charge in [-0.3, -0.25) is 0 Å². The Morgan fingerprint density at radius 1 is 1.39 bits per heavy atom. The second-order valence-electron chi connectivity index (χ2n) is 7.24. The maximum absolute atomic E-state index is 10.5. The van der Waals surface area contributed by atoms with Crippen molar-refractivity contribution in [2.24, 2.45) is 27.7 Å². The lowest BCUT2D eigenvalue weighted by Crippen LogP contribution is -2.46. The molecule has 0 aromatic carbocycles. The van der Waals surface area contributed by atoms with Crippen molar-refractivity contribution >= 4 is 5.90 Å². The van der Waals surface area contributed by atoms with Crippen molar-refractivity contribution in [2.75, 3.05) is 6.61 Å². The number of aliphatic hydroxyl groups is 1. The van der Waals surface area contributed by atoms with Crippen LogP contribution in [0.25, 0.3) is 0 Å². The van der Waals surface area contributed by atoms with Crippen LogP contribution < -0.4 is 0 Å². The molecule has 2 bridgehead atoms. The average Bonchev–Trinajstić information content (AvgIpc) is 2.90. The molecule has 0 amide bonds. The fourth-order valence-corrected chi connectivity index (χ4v) is 4.43. The van der Waals surface area contributed by atoms with Crippen molar-refractivity contribution in [2.45, 2.75) is 59.1 Å². The van der Waals surface area contributed by atoms with E-state index < -0.39 is 0 Å². The average molecular weight is 251 g/mol. The molecular weight excluding hydrogens is 226 g/mol. The Morgan fingerprint density at radius 2 is 2.11 bits per heavy atom. The molecule has 102 valence electrons. The number of rotatable bonds is 2. The van der Waals surface area contributed by atoms with Gasteiger partial charge in [-0.2, -0.15) is 0 Å². The van der Waals surface area contributed by atoms with E-state index in [1.54, 1.807) is 0 Å². The van der Waals surface area contributed by atoms with Crippen LogP contribution in [0.5, 0.6) is 0 Å². The number of nitrogens with zero attached hydrogens (tertiary/aromatic N) is 1. The zero-order valence-corrected chi connectivity index (χ0v) is 11.9. The summed E-state index contributed by atoms with van der Waals surface area (Å²) in [6.45, 7) is 9.64. The van der Waals surface area contributed by atoms with Crippen molar-refractivity contribution in [1.82, 2.24) is 0 Å². The fraction of sp³-hybridized carbons (Fsp3) is 0.933. The third-order valence-electron chi connectivity index (χ3n) is 5.96. The van der Waals surface area contributed by atoms with Crippen molar-refractivity contribution < 1.29 is 9.84 Å². The van der Waals surface area contributed by atoms with Gasteiger partial charge in [-0.1, -0.05) is 27.7 Å². The normalized spacial score (nSPS) is 45.4. The van der Waals surface area contributed by atoms with Crippen molar-refractivity contribution in [3.8, 4) is 0 Å². The van der Waals surface area contributed by atoms with E-state index in [-0.39, 0.29) is 23.0 Å². The zero-order valence-electron chi connectivity index (χ0n) is 11.9. The van der Waals surface area contributed by atoms with E-state index in [2.05, 4.69) is 27.7 Å². The predicted molar refractivity (Wildman–Crippen MR) is 71.6 cm³/mol. The topological polar surface area (TPSA) is 41.8 Å². The van der Waals surface area contributed by atoms with Gasteiger partial charge >= 0.3 is 0 Å². The summed E-state index contributed by atoms with van der Waals surface area (Å²) in [5.74, 6) is 1.99. The monoisotopic (exact) mass is 251 g/mol. The van der Waals surface area contributed by atoms with Crippen LogP contribution in [0.4, 0.5) is 0 Å². The van der Waals surface area contributed by atoms with Gasteiger partial charge in [0, 0.05) is 0 Å². The Morgan fingerprint density at radius 3 is 2.56 bits per heavy atom. The lowest BCUT2D eigenvalue weighted by atomic mass is 9.68. The Bertz CT molecular complexity index is 388. The summed E-state index contributed by atoms with van der Waals surface area (Å²) >= 11 is 0. The molecular formula is C15H25NO2. The van der Waals surface area contributed by atoms with Crippen LogP contribution in [-0.4, -0.2) is 29.8 Å². The van der Waals surface area contributed by atoms with Gasteiger partial charge in [0.1, 0.15) is 6.61 Å². The van der Waals surface area contributed by atoms with Gasteiger partial charge in [-0.25, -0.2) is 4.99 Å². The first-order valence-electron chi connectivity index (χ1n) is 7.28. The summed E-state index contributed by atoms with van der Waals surface area (Å²) in [7, 11) is 0. The van der Waals surface area contributed by atoms with E-state index in [1.165, 1.54) is 6.42 Å². The molecule has 0 spiro atoms. The molecule has 3 aliphatic rings. The highest BCUT2D eigenvalue weighted by Crippen LogP contribution is 2.66. The second-order valence-corrected chi connectivity index (χ2v) is 7.24. The molecule has 0 aromatic rings. The van der Waals surface area contributed by atoms with Gasteiger partial charge in [-0.05, 0) is 36.5 Å². The second kappa shape index (κ2) is 3.72. The molecule has 0 saturated heterocycles. The van der Waals surface area contributed by atoms with Crippen LogP contribution >= 0.6 is 0 Å². The standard InChI is InChI=1S/C15H25NO2/c1-9(2)11-8-18-13(16-11)15-6-5-10(7-12(15)17)14(15,3)4/h9-12,17H,5-8H2,1-4H3/t10-,11?,12-,15-/m1/s1. The molecule has 18 heavy (non-hydrogen) atoms. The van der Waals surface area contributed by atoms with Gasteiger partial charge < -0.3 is 9.84 Å². The molecule has 3 rings (SSSR count). The lowest BCUT2D eigenvalue weighted by molar-refractivity contribution is 0.0354. The Kier molecular flexibility index (Phi) is 2.58. The number of hydrogen-bond acceptors (Lipinski definition) is 3. The van der Waals surface area contributed by atoms with E-state index in [0.717, 1.165) is 18.7 Å². The fourth-order valence-electron chi connectivity index (χ4n) is 4.43. The van der Waals surface area contributed by atoms with Crippen LogP contribution in [0.2, 0.25) is 0 Å². The van der Waals surface area contributed by atoms with Crippen LogP contribution in [0.1, 0.15) is 47.0 Å². The number of hydrogen-bond donors (Lipinski definition) is 1. The van der Waals surface area contributed by atoms with Crippen molar-refractivity contribution in [3.63, 3.8) is 0 Å². The lowest BCUT2D eigenvalue weighted by Gasteiger charge is -2.39. The first kappa shape index (κ1) is 12.5. The third kappa shape index (κ3) is 1.31. The number of aliphatic imine (C=N–C) groups is 1. The molecule has 1 N–H and O–H groups in total. The van der Waals surface area contributed by atoms with Gasteiger partial charge in [0.25, 0.3) is 0 Å². The molecule has 2 fully saturated rings. The van der Waals surface area contributed by atoms with Crippen LogP contribution in [-0.2, 0) is 4.74 Å². The number of fused-ring (bicyclic) bond motifs is 2. The Hall–Kier alpha value is -0.570. The maximum Gasteiger partial charge on any atom is 0.193 e. The number of ether oxygens (including phenoxy) is 1. The van der Waals surface area contributed by atoms with Crippen LogP contribution in [0.15, 0.2) is 4.99 Å². The maximum atomic E-state index is 10.5. The molecule has 0 aromatic heterocycles. The minimum atomic E-state index is -0.268. The third-order valence-corrected chi connectivity index (χ3v) is 5.96. The van der Waals surface area contributed by atoms with Crippen LogP contribution in [0, 0.1) is 22.7 Å². The molecule has 1 aliphatic heterocycles. The highest BCUT2D eigenvalue weighted by atomic mass is 16.5. The van der Waals surface area contributed by atoms with E-state index in [9.17, 15) is 5.11 Å². The summed E-state index contributed by atoms with van der Waals surface area (Å²) < 4.78 is 5.93. The predicted octanol–water partition coefficient (Wildman–Crippen LogP) is 2.63. The molecule has 2 saturated carbocycles. The molecule has 3 nitrogen and oxygen atoms in total. The van der Waals surface area contributed by atoms with Gasteiger partial charge in [0.15, 0.2) is 5.90 Å². The van der Waals surface area contributed by atoms with E-state index in [4.69, 9.17) is 9.73 Å². The van der Waals surface area contributed by atoms with Gasteiger partial charge in [0.05, 0.1) is 17.6 Å². The van der Waals surface area contributed by atoms with Gasteiger partial charge in [-0.15, -0.1) is 0 Å². The smallest absolute Gasteiger partial charge is 0.193 e. The molecule has 2 aliphatic carbocycles. The molecule has 0 radical (unpaired) electrons. The highest BCUT2D eigenvalue weighted by Gasteiger charge is 2.67. The first-order chi connectivity index (χ1) is 8.39. The Labute approximate surface area is 110 Å². The SMILES string of the molecule is CC(C)C1COC([C@@]23CC[C@H](C[C@H]2O)C3(C)C)=N1. The molecule has 1 unspecified atom stereocenters. The van der Waals surface area contributed by atoms with Gasteiger partial charge in [0.2, 0.25) is 0 Å². The summed E-state index contributed by atoms with van der Waals surface area (Å²) in [5.41, 5.74) is -0.0849. The quantitative estimate of drug-likeness (QED) is 0.819. The number of aliphatic hydroxyl groups excluding tert-OH is 1. The minimum absolute atomic E-state index is 0.122. The molecule has 3 heteroatoms. The summed E-state index contributed by atoms with van der Waals surface area (Å²) in [6.07, 6.45) is 2.90. The van der Waals surface area contributed by atoms with Crippen molar-refractivity contribution in [3.05, 3.63) is 0 Å². The van der Waals surface area contributed by atoms with E-state index >= 15 is 0 Å². The van der Waals surface area contributed by atoms with Crippen LogP contribution in [0.3, 0.4) is 0 Å². The zero-order chi connectivity index (χ0) is 13.1. The van der Waals surface area contributed by atoms with E-state index in [1.807, 2.05) is 0 Å². The largest absolute Gasteiger partial charge is 0.478 e. The van der Waals surface area contributed by atoms with E-state index in [0.29, 0.717) is 18.4 Å². The molecule has 1 heterocycles. The summed E-state index contributed by atoms with van der Waals surface area (Å²) in [5, 5.41) is 10.5. The molecule has 4 atom stereocenters.